The number of fused-ring (bicyclic) bond motifs is 1. The van der Waals surface area contributed by atoms with Gasteiger partial charge in [0.25, 0.3) is 0 Å². The average molecular weight is 294 g/mol. The number of nitrogens with two attached hydrogens (primary N) is 1. The molecule has 0 atom stereocenters. The third-order valence-corrected chi connectivity index (χ3v) is 3.46. The summed E-state index contributed by atoms with van der Waals surface area (Å²) in [5, 5.41) is 1.16. The molecule has 0 fully saturated rings. The molecular weight excluding hydrogens is 285 g/mol. The number of nitrogens with zero attached hydrogens (tertiary/aromatic N) is 3. The highest BCUT2D eigenvalue weighted by Crippen LogP contribution is 2.26. The maximum atomic E-state index is 6.12. The van der Waals surface area contributed by atoms with Gasteiger partial charge in [-0.2, -0.15) is 0 Å². The molecule has 0 saturated heterocycles. The normalized spacial score (nSPS) is 11.1. The van der Waals surface area contributed by atoms with Gasteiger partial charge in [-0.25, -0.2) is 15.0 Å². The molecule has 5 nitrogen and oxygen atoms in total. The topological polar surface area (TPSA) is 80.5 Å². The summed E-state index contributed by atoms with van der Waals surface area (Å²) in [5.74, 6) is 0.896. The number of hydrogen-bond acceptors (Lipinski definition) is 4. The molecule has 19 heavy (non-hydrogen) atoms. The Kier molecular flexibility index (Phi) is 3.00. The smallest absolute Gasteiger partial charge is 0.183 e. The summed E-state index contributed by atoms with van der Waals surface area (Å²) in [5.41, 5.74) is 7.79. The molecule has 7 heteroatoms. The van der Waals surface area contributed by atoms with Gasteiger partial charge < -0.3 is 10.7 Å². The van der Waals surface area contributed by atoms with Crippen LogP contribution < -0.4 is 5.73 Å². The number of imidazole rings is 1. The standard InChI is InChI=1S/C12H9Cl2N5/c13-7-2-1-3-8(14)6(7)4-9-18-11(15)10-12(19-9)17-5-16-10/h1-3,5H,4H2,(H3,15,16,17,18,19). The van der Waals surface area contributed by atoms with Crippen LogP contribution >= 0.6 is 23.2 Å². The Morgan fingerprint density at radius 3 is 2.63 bits per heavy atom. The summed E-state index contributed by atoms with van der Waals surface area (Å²) in [7, 11) is 0. The third kappa shape index (κ3) is 2.22. The third-order valence-electron chi connectivity index (χ3n) is 2.76. The molecular formula is C12H9Cl2N5. The Labute approximate surface area is 118 Å². The number of aromatic amines is 1. The number of rotatable bonds is 2. The van der Waals surface area contributed by atoms with Crippen molar-refractivity contribution in [2.24, 2.45) is 0 Å². The van der Waals surface area contributed by atoms with Gasteiger partial charge in [0.1, 0.15) is 11.3 Å². The average Bonchev–Trinajstić information content (AvgIpc) is 2.83. The molecule has 0 aliphatic heterocycles. The predicted octanol–water partition coefficient (Wildman–Crippen LogP) is 2.83. The molecule has 0 unspecified atom stereocenters. The van der Waals surface area contributed by atoms with Crippen molar-refractivity contribution in [2.45, 2.75) is 6.42 Å². The number of hydrogen-bond donors (Lipinski definition) is 2. The Hall–Kier alpha value is -1.85. The molecule has 0 aliphatic carbocycles. The summed E-state index contributed by atoms with van der Waals surface area (Å²) in [6.07, 6.45) is 1.94. The van der Waals surface area contributed by atoms with E-state index in [1.165, 1.54) is 6.33 Å². The van der Waals surface area contributed by atoms with E-state index in [-0.39, 0.29) is 0 Å². The van der Waals surface area contributed by atoms with E-state index in [0.717, 1.165) is 5.56 Å². The molecule has 2 aromatic heterocycles. The Balaban J connectivity index is 2.06. The Bertz CT molecular complexity index is 733. The summed E-state index contributed by atoms with van der Waals surface area (Å²) < 4.78 is 0. The zero-order valence-corrected chi connectivity index (χ0v) is 11.2. The van der Waals surface area contributed by atoms with Gasteiger partial charge in [0.15, 0.2) is 11.5 Å². The summed E-state index contributed by atoms with van der Waals surface area (Å²) in [4.78, 5) is 15.5. The van der Waals surface area contributed by atoms with Crippen molar-refractivity contribution < 1.29 is 0 Å². The van der Waals surface area contributed by atoms with E-state index in [1.54, 1.807) is 18.2 Å². The lowest BCUT2D eigenvalue weighted by molar-refractivity contribution is 0.992. The summed E-state index contributed by atoms with van der Waals surface area (Å²) in [6, 6.07) is 5.35. The van der Waals surface area contributed by atoms with Crippen molar-refractivity contribution in [1.29, 1.82) is 0 Å². The van der Waals surface area contributed by atoms with Crippen LogP contribution in [0.25, 0.3) is 11.2 Å². The number of aromatic nitrogens is 4. The van der Waals surface area contributed by atoms with Gasteiger partial charge in [0, 0.05) is 16.5 Å². The number of nitrogen functional groups attached to an aromatic ring is 1. The molecule has 1 aromatic carbocycles. The molecule has 0 amide bonds. The first-order chi connectivity index (χ1) is 9.15. The predicted molar refractivity (Wildman–Crippen MR) is 75.4 cm³/mol. The SMILES string of the molecule is Nc1nc(Cc2c(Cl)cccc2Cl)nc2nc[nH]c12. The van der Waals surface area contributed by atoms with Crippen molar-refractivity contribution in [3.05, 3.63) is 46.0 Å². The van der Waals surface area contributed by atoms with Gasteiger partial charge in [-0.1, -0.05) is 29.3 Å². The Morgan fingerprint density at radius 1 is 1.16 bits per heavy atom. The minimum absolute atomic E-state index is 0.362. The number of nitrogens with one attached hydrogen (secondary N) is 1. The minimum Gasteiger partial charge on any atom is -0.382 e. The number of anilines is 1. The second-order valence-electron chi connectivity index (χ2n) is 4.00. The lowest BCUT2D eigenvalue weighted by Gasteiger charge is -2.06. The van der Waals surface area contributed by atoms with Gasteiger partial charge in [0.2, 0.25) is 0 Å². The van der Waals surface area contributed by atoms with Crippen molar-refractivity contribution in [2.75, 3.05) is 5.73 Å². The Morgan fingerprint density at radius 2 is 1.89 bits per heavy atom. The second kappa shape index (κ2) is 4.68. The molecule has 96 valence electrons. The first kappa shape index (κ1) is 12.2. The maximum absolute atomic E-state index is 6.12. The van der Waals surface area contributed by atoms with Crippen LogP contribution in [-0.4, -0.2) is 19.9 Å². The molecule has 3 aromatic rings. The molecule has 0 radical (unpaired) electrons. The van der Waals surface area contributed by atoms with E-state index in [4.69, 9.17) is 28.9 Å². The van der Waals surface area contributed by atoms with E-state index >= 15 is 0 Å². The first-order valence-electron chi connectivity index (χ1n) is 5.53. The molecule has 3 rings (SSSR count). The van der Waals surface area contributed by atoms with Gasteiger partial charge in [-0.3, -0.25) is 0 Å². The molecule has 3 N–H and O–H groups in total. The maximum Gasteiger partial charge on any atom is 0.183 e. The minimum atomic E-state index is 0.362. The molecule has 0 aliphatic rings. The van der Waals surface area contributed by atoms with Crippen LogP contribution in [-0.2, 0) is 6.42 Å². The van der Waals surface area contributed by atoms with Crippen LogP contribution in [0.5, 0.6) is 0 Å². The fourth-order valence-electron chi connectivity index (χ4n) is 1.84. The first-order valence-corrected chi connectivity index (χ1v) is 6.29. The molecule has 0 bridgehead atoms. The highest BCUT2D eigenvalue weighted by atomic mass is 35.5. The van der Waals surface area contributed by atoms with Crippen LogP contribution in [0.1, 0.15) is 11.4 Å². The van der Waals surface area contributed by atoms with E-state index in [2.05, 4.69) is 19.9 Å². The molecule has 0 spiro atoms. The van der Waals surface area contributed by atoms with Crippen molar-refractivity contribution >= 4 is 40.2 Å². The van der Waals surface area contributed by atoms with Gasteiger partial charge in [0.05, 0.1) is 6.33 Å². The zero-order valence-electron chi connectivity index (χ0n) is 9.69. The lowest BCUT2D eigenvalue weighted by Crippen LogP contribution is -2.02. The fourth-order valence-corrected chi connectivity index (χ4v) is 2.37. The van der Waals surface area contributed by atoms with Gasteiger partial charge in [-0.15, -0.1) is 0 Å². The van der Waals surface area contributed by atoms with E-state index < -0.39 is 0 Å². The van der Waals surface area contributed by atoms with Crippen LogP contribution in [0.15, 0.2) is 24.5 Å². The number of benzene rings is 1. The molecule has 2 heterocycles. The van der Waals surface area contributed by atoms with Gasteiger partial charge in [-0.05, 0) is 17.7 Å². The quantitative estimate of drug-likeness (QED) is 0.761. The zero-order chi connectivity index (χ0) is 13.4. The van der Waals surface area contributed by atoms with Crippen molar-refractivity contribution in [3.8, 4) is 0 Å². The lowest BCUT2D eigenvalue weighted by atomic mass is 10.1. The van der Waals surface area contributed by atoms with Gasteiger partial charge >= 0.3 is 0 Å². The van der Waals surface area contributed by atoms with E-state index in [0.29, 0.717) is 39.3 Å². The van der Waals surface area contributed by atoms with Crippen LogP contribution in [0.4, 0.5) is 5.82 Å². The number of H-pyrrole nitrogens is 1. The van der Waals surface area contributed by atoms with Crippen LogP contribution in [0.3, 0.4) is 0 Å². The monoisotopic (exact) mass is 293 g/mol. The van der Waals surface area contributed by atoms with Crippen molar-refractivity contribution in [1.82, 2.24) is 19.9 Å². The molecule has 0 saturated carbocycles. The highest BCUT2D eigenvalue weighted by Gasteiger charge is 2.11. The van der Waals surface area contributed by atoms with Crippen LogP contribution in [0, 0.1) is 0 Å². The summed E-state index contributed by atoms with van der Waals surface area (Å²) in [6.45, 7) is 0. The van der Waals surface area contributed by atoms with E-state index in [1.807, 2.05) is 0 Å². The van der Waals surface area contributed by atoms with Crippen molar-refractivity contribution in [3.63, 3.8) is 0 Å². The second-order valence-corrected chi connectivity index (χ2v) is 4.82. The highest BCUT2D eigenvalue weighted by molar-refractivity contribution is 6.36. The summed E-state index contributed by atoms with van der Waals surface area (Å²) >= 11 is 12.2. The number of halogens is 2. The van der Waals surface area contributed by atoms with E-state index in [9.17, 15) is 0 Å². The van der Waals surface area contributed by atoms with Crippen LogP contribution in [0.2, 0.25) is 10.0 Å². The largest absolute Gasteiger partial charge is 0.382 e. The fraction of sp³-hybridized carbons (Fsp3) is 0.0833.